The number of amides is 2. The van der Waals surface area contributed by atoms with Crippen molar-refractivity contribution in [2.75, 3.05) is 18.0 Å². The summed E-state index contributed by atoms with van der Waals surface area (Å²) in [5.74, 6) is -1.01. The number of rotatable bonds is 6. The highest BCUT2D eigenvalue weighted by atomic mass is 32.2. The molecule has 8 nitrogen and oxygen atoms in total. The molecular formula is C26H31N3O5S. The molecule has 0 radical (unpaired) electrons. The van der Waals surface area contributed by atoms with Crippen LogP contribution in [0.15, 0.2) is 53.4 Å². The minimum atomic E-state index is -4.01. The predicted molar refractivity (Wildman–Crippen MR) is 133 cm³/mol. The van der Waals surface area contributed by atoms with E-state index in [1.54, 1.807) is 43.3 Å². The highest BCUT2D eigenvalue weighted by molar-refractivity contribution is 7.89. The van der Waals surface area contributed by atoms with Gasteiger partial charge in [-0.2, -0.15) is 4.31 Å². The van der Waals surface area contributed by atoms with Crippen molar-refractivity contribution >= 4 is 33.3 Å². The summed E-state index contributed by atoms with van der Waals surface area (Å²) in [5, 5.41) is 3.05. The number of nitrogens with one attached hydrogen (secondary N) is 1. The number of carbonyl (C=O) groups excluding carboxylic acids is 3. The summed E-state index contributed by atoms with van der Waals surface area (Å²) in [4.78, 5) is 40.3. The van der Waals surface area contributed by atoms with Crippen LogP contribution in [0.5, 0.6) is 0 Å². The van der Waals surface area contributed by atoms with Gasteiger partial charge in [0.25, 0.3) is 0 Å². The molecule has 1 saturated heterocycles. The van der Waals surface area contributed by atoms with Crippen LogP contribution in [0.25, 0.3) is 0 Å². The maximum absolute atomic E-state index is 13.7. The molecule has 1 aliphatic carbocycles. The van der Waals surface area contributed by atoms with Crippen molar-refractivity contribution in [1.82, 2.24) is 9.62 Å². The van der Waals surface area contributed by atoms with E-state index in [2.05, 4.69) is 5.32 Å². The first-order valence-electron chi connectivity index (χ1n) is 11.8. The van der Waals surface area contributed by atoms with Crippen molar-refractivity contribution in [3.8, 4) is 0 Å². The first-order valence-corrected chi connectivity index (χ1v) is 13.3. The van der Waals surface area contributed by atoms with E-state index in [1.165, 1.54) is 24.0 Å². The third-order valence-electron chi connectivity index (χ3n) is 6.91. The van der Waals surface area contributed by atoms with Crippen LogP contribution in [0, 0.1) is 6.92 Å². The number of benzene rings is 2. The molecule has 1 unspecified atom stereocenters. The number of anilines is 1. The fourth-order valence-corrected chi connectivity index (χ4v) is 6.33. The van der Waals surface area contributed by atoms with E-state index in [0.717, 1.165) is 35.6 Å². The molecule has 1 aliphatic heterocycles. The molecule has 0 spiro atoms. The van der Waals surface area contributed by atoms with E-state index in [-0.39, 0.29) is 23.3 Å². The molecule has 1 heterocycles. The van der Waals surface area contributed by atoms with Crippen molar-refractivity contribution in [2.24, 2.45) is 0 Å². The van der Waals surface area contributed by atoms with Crippen LogP contribution in [0.4, 0.5) is 5.69 Å². The normalized spacial score (nSPS) is 21.8. The molecule has 2 amide bonds. The summed E-state index contributed by atoms with van der Waals surface area (Å²) in [6.45, 7) is 4.33. The average molecular weight is 498 g/mol. The summed E-state index contributed by atoms with van der Waals surface area (Å²) in [7, 11) is -4.01. The Labute approximate surface area is 206 Å². The summed E-state index contributed by atoms with van der Waals surface area (Å²) < 4.78 is 28.0. The second-order valence-electron chi connectivity index (χ2n) is 9.65. The average Bonchev–Trinajstić information content (AvgIpc) is 3.32. The monoisotopic (exact) mass is 497 g/mol. The number of piperazine rings is 1. The zero-order valence-corrected chi connectivity index (χ0v) is 21.1. The van der Waals surface area contributed by atoms with Crippen LogP contribution in [-0.2, 0) is 19.6 Å². The molecule has 2 aromatic carbocycles. The summed E-state index contributed by atoms with van der Waals surface area (Å²) in [6, 6.07) is 12.9. The number of hydrogen-bond acceptors (Lipinski definition) is 5. The Morgan fingerprint density at radius 2 is 1.60 bits per heavy atom. The van der Waals surface area contributed by atoms with Crippen LogP contribution in [0.3, 0.4) is 0 Å². The van der Waals surface area contributed by atoms with Crippen LogP contribution in [-0.4, -0.2) is 55.0 Å². The largest absolute Gasteiger partial charge is 0.351 e. The van der Waals surface area contributed by atoms with Crippen molar-refractivity contribution in [2.45, 2.75) is 62.9 Å². The van der Waals surface area contributed by atoms with E-state index in [0.29, 0.717) is 11.3 Å². The molecule has 1 N–H and O–H groups in total. The molecule has 1 saturated carbocycles. The third kappa shape index (κ3) is 4.88. The Bertz CT molecular complexity index is 1230. The van der Waals surface area contributed by atoms with E-state index < -0.39 is 33.9 Å². The van der Waals surface area contributed by atoms with E-state index >= 15 is 0 Å². The fourth-order valence-electron chi connectivity index (χ4n) is 4.85. The van der Waals surface area contributed by atoms with Crippen LogP contribution in [0.1, 0.15) is 55.5 Å². The number of sulfonamides is 1. The molecule has 0 bridgehead atoms. The SMILES string of the molecule is CC(=O)c1ccc(N2C(=O)CN(S(=O)(=O)c3ccc(C)cc3)CC2(C)C(=O)NC2CCCC2)cc1. The second-order valence-corrected chi connectivity index (χ2v) is 11.6. The van der Waals surface area contributed by atoms with E-state index in [1.807, 2.05) is 6.92 Å². The molecule has 186 valence electrons. The zero-order chi connectivity index (χ0) is 25.4. The van der Waals surface area contributed by atoms with Crippen molar-refractivity contribution < 1.29 is 22.8 Å². The third-order valence-corrected chi connectivity index (χ3v) is 8.72. The molecule has 2 fully saturated rings. The fraction of sp³-hybridized carbons (Fsp3) is 0.423. The molecule has 0 aromatic heterocycles. The Hall–Kier alpha value is -3.04. The quantitative estimate of drug-likeness (QED) is 0.618. The lowest BCUT2D eigenvalue weighted by molar-refractivity contribution is -0.133. The highest BCUT2D eigenvalue weighted by Crippen LogP contribution is 2.33. The lowest BCUT2D eigenvalue weighted by Gasteiger charge is -2.47. The van der Waals surface area contributed by atoms with Gasteiger partial charge in [-0.15, -0.1) is 0 Å². The minimum absolute atomic E-state index is 0.000415. The van der Waals surface area contributed by atoms with Crippen LogP contribution >= 0.6 is 0 Å². The Balaban J connectivity index is 1.72. The van der Waals surface area contributed by atoms with Crippen molar-refractivity contribution in [1.29, 1.82) is 0 Å². The van der Waals surface area contributed by atoms with Crippen LogP contribution < -0.4 is 10.2 Å². The molecular weight excluding hydrogens is 466 g/mol. The molecule has 2 aliphatic rings. The van der Waals surface area contributed by atoms with Gasteiger partial charge in [0, 0.05) is 23.8 Å². The number of ketones is 1. The lowest BCUT2D eigenvalue weighted by Crippen LogP contribution is -2.70. The van der Waals surface area contributed by atoms with Gasteiger partial charge in [-0.1, -0.05) is 30.5 Å². The zero-order valence-electron chi connectivity index (χ0n) is 20.3. The van der Waals surface area contributed by atoms with E-state index in [4.69, 9.17) is 0 Å². The highest BCUT2D eigenvalue weighted by Gasteiger charge is 2.51. The lowest BCUT2D eigenvalue weighted by atomic mass is 9.93. The van der Waals surface area contributed by atoms with Gasteiger partial charge in [-0.05, 0) is 70.0 Å². The second kappa shape index (κ2) is 9.54. The smallest absolute Gasteiger partial charge is 0.247 e. The van der Waals surface area contributed by atoms with Gasteiger partial charge in [-0.3, -0.25) is 19.3 Å². The van der Waals surface area contributed by atoms with Crippen LogP contribution in [0.2, 0.25) is 0 Å². The van der Waals surface area contributed by atoms with Gasteiger partial charge in [-0.25, -0.2) is 8.42 Å². The molecule has 4 rings (SSSR count). The molecule has 1 atom stereocenters. The first-order chi connectivity index (χ1) is 16.5. The van der Waals surface area contributed by atoms with E-state index in [9.17, 15) is 22.8 Å². The Kier molecular flexibility index (Phi) is 6.83. The first kappa shape index (κ1) is 25.1. The van der Waals surface area contributed by atoms with Crippen molar-refractivity contribution in [3.63, 3.8) is 0 Å². The maximum Gasteiger partial charge on any atom is 0.247 e. The molecule has 9 heteroatoms. The van der Waals surface area contributed by atoms with Gasteiger partial charge < -0.3 is 5.32 Å². The van der Waals surface area contributed by atoms with Gasteiger partial charge in [0.1, 0.15) is 5.54 Å². The van der Waals surface area contributed by atoms with Gasteiger partial charge >= 0.3 is 0 Å². The Morgan fingerprint density at radius 3 is 2.17 bits per heavy atom. The molecule has 2 aromatic rings. The number of Topliss-reactive ketones (excluding diaryl/α,β-unsaturated/α-hetero) is 1. The van der Waals surface area contributed by atoms with Gasteiger partial charge in [0.2, 0.25) is 21.8 Å². The number of carbonyl (C=O) groups is 3. The standard InChI is InChI=1S/C26H31N3O5S/c1-18-8-14-23(15-9-18)35(33,34)28-16-24(31)29(22-12-10-20(11-13-22)19(2)30)26(3,17-28)25(32)27-21-6-4-5-7-21/h8-15,21H,4-7,16-17H2,1-3H3,(H,27,32). The van der Waals surface area contributed by atoms with Gasteiger partial charge in [0.15, 0.2) is 5.78 Å². The predicted octanol–water partition coefficient (Wildman–Crippen LogP) is 3.05. The van der Waals surface area contributed by atoms with Gasteiger partial charge in [0.05, 0.1) is 11.4 Å². The topological polar surface area (TPSA) is 104 Å². The maximum atomic E-state index is 13.7. The number of aryl methyl sites for hydroxylation is 1. The van der Waals surface area contributed by atoms with Crippen molar-refractivity contribution in [3.05, 3.63) is 59.7 Å². The minimum Gasteiger partial charge on any atom is -0.351 e. The Morgan fingerprint density at radius 1 is 1.00 bits per heavy atom. The summed E-state index contributed by atoms with van der Waals surface area (Å²) in [5.41, 5.74) is 0.364. The number of nitrogens with zero attached hydrogens (tertiary/aromatic N) is 2. The molecule has 35 heavy (non-hydrogen) atoms. The summed E-state index contributed by atoms with van der Waals surface area (Å²) in [6.07, 6.45) is 3.75. The number of hydrogen-bond donors (Lipinski definition) is 1. The summed E-state index contributed by atoms with van der Waals surface area (Å²) >= 11 is 0.